The Morgan fingerprint density at radius 1 is 1.42 bits per heavy atom. The van der Waals surface area contributed by atoms with Crippen molar-refractivity contribution >= 4 is 11.7 Å². The van der Waals surface area contributed by atoms with Crippen molar-refractivity contribution in [2.75, 3.05) is 11.9 Å². The monoisotopic (exact) mass is 342 g/mol. The van der Waals surface area contributed by atoms with Crippen LogP contribution in [0.5, 0.6) is 0 Å². The van der Waals surface area contributed by atoms with Crippen molar-refractivity contribution in [1.82, 2.24) is 24.6 Å². The fourth-order valence-corrected chi connectivity index (χ4v) is 2.81. The van der Waals surface area contributed by atoms with Gasteiger partial charge in [0, 0.05) is 25.1 Å². The number of halogens is 3. The van der Waals surface area contributed by atoms with Crippen LogP contribution < -0.4 is 5.32 Å². The first-order valence-corrected chi connectivity index (χ1v) is 7.58. The van der Waals surface area contributed by atoms with E-state index < -0.39 is 12.7 Å². The predicted molar refractivity (Wildman–Crippen MR) is 79.2 cm³/mol. The van der Waals surface area contributed by atoms with Gasteiger partial charge in [-0.3, -0.25) is 4.68 Å². The van der Waals surface area contributed by atoms with Gasteiger partial charge in [0.1, 0.15) is 12.4 Å². The molecule has 0 bridgehead atoms. The van der Waals surface area contributed by atoms with Crippen LogP contribution in [0.4, 0.5) is 23.7 Å². The third-order valence-electron chi connectivity index (χ3n) is 3.82. The zero-order chi connectivity index (χ0) is 17.2. The second-order valence-corrected chi connectivity index (χ2v) is 5.65. The molecule has 1 aliphatic rings. The zero-order valence-electron chi connectivity index (χ0n) is 12.8. The summed E-state index contributed by atoms with van der Waals surface area (Å²) in [5.41, 5.74) is 0.230. The van der Waals surface area contributed by atoms with Gasteiger partial charge >= 0.3 is 12.2 Å². The average Bonchev–Trinajstić information content (AvgIpc) is 3.17. The van der Waals surface area contributed by atoms with Crippen molar-refractivity contribution in [3.8, 4) is 0 Å². The number of H-pyrrole nitrogens is 1. The molecule has 0 aliphatic carbocycles. The standard InChI is InChI=1S/C14H17F3N6O/c15-14(16,17)9-22-8-10(7-20-22)21-13(24)23-6-2-1-3-11(23)12-18-4-5-19-12/h4-5,7-8,11H,1-3,6,9H2,(H,18,19)(H,21,24)/t11-/m1/s1. The number of likely N-dealkylation sites (tertiary alicyclic amines) is 1. The maximum Gasteiger partial charge on any atom is 0.408 e. The summed E-state index contributed by atoms with van der Waals surface area (Å²) < 4.78 is 37.8. The van der Waals surface area contributed by atoms with Crippen LogP contribution in [0.3, 0.4) is 0 Å². The van der Waals surface area contributed by atoms with Crippen LogP contribution in [-0.4, -0.2) is 43.4 Å². The van der Waals surface area contributed by atoms with Crippen molar-refractivity contribution in [3.05, 3.63) is 30.6 Å². The highest BCUT2D eigenvalue weighted by molar-refractivity contribution is 5.89. The van der Waals surface area contributed by atoms with Gasteiger partial charge in [-0.05, 0) is 19.3 Å². The zero-order valence-corrected chi connectivity index (χ0v) is 12.8. The Balaban J connectivity index is 1.67. The summed E-state index contributed by atoms with van der Waals surface area (Å²) in [6.45, 7) is -0.629. The number of alkyl halides is 3. The average molecular weight is 342 g/mol. The summed E-state index contributed by atoms with van der Waals surface area (Å²) in [5, 5.41) is 6.22. The van der Waals surface area contributed by atoms with Crippen LogP contribution in [0.25, 0.3) is 0 Å². The van der Waals surface area contributed by atoms with E-state index in [2.05, 4.69) is 20.4 Å². The van der Waals surface area contributed by atoms with E-state index in [9.17, 15) is 18.0 Å². The van der Waals surface area contributed by atoms with Gasteiger partial charge in [0.2, 0.25) is 0 Å². The third-order valence-corrected chi connectivity index (χ3v) is 3.82. The maximum absolute atomic E-state index is 12.5. The van der Waals surface area contributed by atoms with Crippen LogP contribution in [-0.2, 0) is 6.54 Å². The van der Waals surface area contributed by atoms with Gasteiger partial charge in [0.15, 0.2) is 0 Å². The van der Waals surface area contributed by atoms with Crippen molar-refractivity contribution in [3.63, 3.8) is 0 Å². The molecule has 1 fully saturated rings. The lowest BCUT2D eigenvalue weighted by Gasteiger charge is -2.34. The predicted octanol–water partition coefficient (Wildman–Crippen LogP) is 2.93. The van der Waals surface area contributed by atoms with E-state index in [0.29, 0.717) is 12.4 Å². The molecule has 3 heterocycles. The highest BCUT2D eigenvalue weighted by atomic mass is 19.4. The molecule has 0 spiro atoms. The molecule has 2 aromatic rings. The summed E-state index contributed by atoms with van der Waals surface area (Å²) in [6, 6.07) is -0.540. The molecule has 130 valence electrons. The van der Waals surface area contributed by atoms with Crippen molar-refractivity contribution in [2.24, 2.45) is 0 Å². The molecular formula is C14H17F3N6O. The minimum atomic E-state index is -4.36. The van der Waals surface area contributed by atoms with E-state index in [4.69, 9.17) is 0 Å². The molecule has 1 aliphatic heterocycles. The first-order valence-electron chi connectivity index (χ1n) is 7.58. The van der Waals surface area contributed by atoms with Crippen molar-refractivity contribution in [1.29, 1.82) is 0 Å². The molecule has 7 nitrogen and oxygen atoms in total. The lowest BCUT2D eigenvalue weighted by Crippen LogP contribution is -2.41. The number of hydrogen-bond donors (Lipinski definition) is 2. The lowest BCUT2D eigenvalue weighted by molar-refractivity contribution is -0.142. The summed E-state index contributed by atoms with van der Waals surface area (Å²) in [5.74, 6) is 0.706. The molecule has 2 aromatic heterocycles. The van der Waals surface area contributed by atoms with E-state index >= 15 is 0 Å². The van der Waals surface area contributed by atoms with Gasteiger partial charge < -0.3 is 15.2 Å². The third kappa shape index (κ3) is 3.87. The number of rotatable bonds is 3. The van der Waals surface area contributed by atoms with Gasteiger partial charge in [-0.2, -0.15) is 18.3 Å². The molecule has 2 N–H and O–H groups in total. The Morgan fingerprint density at radius 2 is 2.25 bits per heavy atom. The van der Waals surface area contributed by atoms with Crippen LogP contribution in [0.15, 0.2) is 24.8 Å². The number of nitrogens with zero attached hydrogens (tertiary/aromatic N) is 4. The van der Waals surface area contributed by atoms with Gasteiger partial charge in [-0.15, -0.1) is 0 Å². The molecule has 0 saturated carbocycles. The highest BCUT2D eigenvalue weighted by Gasteiger charge is 2.31. The van der Waals surface area contributed by atoms with Gasteiger partial charge in [-0.25, -0.2) is 9.78 Å². The van der Waals surface area contributed by atoms with Gasteiger partial charge in [-0.1, -0.05) is 0 Å². The number of aromatic nitrogens is 4. The quantitative estimate of drug-likeness (QED) is 0.900. The number of urea groups is 1. The second kappa shape index (κ2) is 6.54. The van der Waals surface area contributed by atoms with E-state index in [0.717, 1.165) is 30.1 Å². The molecule has 2 amide bonds. The number of carbonyl (C=O) groups is 1. The Labute approximate surface area is 135 Å². The Hall–Kier alpha value is -2.52. The summed E-state index contributed by atoms with van der Waals surface area (Å²) >= 11 is 0. The summed E-state index contributed by atoms with van der Waals surface area (Å²) in [7, 11) is 0. The highest BCUT2D eigenvalue weighted by Crippen LogP contribution is 2.29. The number of carbonyl (C=O) groups excluding carboxylic acids is 1. The number of piperidine rings is 1. The molecule has 1 atom stereocenters. The molecule has 0 radical (unpaired) electrons. The molecule has 24 heavy (non-hydrogen) atoms. The Kier molecular flexibility index (Phi) is 4.45. The van der Waals surface area contributed by atoms with Crippen LogP contribution in [0, 0.1) is 0 Å². The first kappa shape index (κ1) is 16.3. The second-order valence-electron chi connectivity index (χ2n) is 5.65. The molecule has 1 saturated heterocycles. The number of hydrogen-bond acceptors (Lipinski definition) is 3. The lowest BCUT2D eigenvalue weighted by atomic mass is 10.0. The maximum atomic E-state index is 12.5. The van der Waals surface area contributed by atoms with E-state index in [1.807, 2.05) is 0 Å². The number of amides is 2. The van der Waals surface area contributed by atoms with Crippen LogP contribution in [0.1, 0.15) is 31.1 Å². The van der Waals surface area contributed by atoms with Crippen LogP contribution >= 0.6 is 0 Å². The van der Waals surface area contributed by atoms with Gasteiger partial charge in [0.05, 0.1) is 17.9 Å². The molecule has 10 heteroatoms. The minimum Gasteiger partial charge on any atom is -0.347 e. The molecular weight excluding hydrogens is 325 g/mol. The first-order chi connectivity index (χ1) is 11.4. The number of anilines is 1. The van der Waals surface area contributed by atoms with E-state index in [1.54, 1.807) is 17.3 Å². The van der Waals surface area contributed by atoms with E-state index in [-0.39, 0.29) is 17.8 Å². The fourth-order valence-electron chi connectivity index (χ4n) is 2.81. The summed E-state index contributed by atoms with van der Waals surface area (Å²) in [6.07, 6.45) is 3.98. The summed E-state index contributed by atoms with van der Waals surface area (Å²) in [4.78, 5) is 21.3. The Bertz CT molecular complexity index is 681. The number of imidazole rings is 1. The minimum absolute atomic E-state index is 0.168. The van der Waals surface area contributed by atoms with Crippen LogP contribution in [0.2, 0.25) is 0 Å². The normalized spacial score (nSPS) is 18.6. The molecule has 0 unspecified atom stereocenters. The Morgan fingerprint density at radius 3 is 2.96 bits per heavy atom. The smallest absolute Gasteiger partial charge is 0.347 e. The topological polar surface area (TPSA) is 78.8 Å². The van der Waals surface area contributed by atoms with E-state index in [1.165, 1.54) is 6.20 Å². The number of aromatic amines is 1. The SMILES string of the molecule is O=C(Nc1cnn(CC(F)(F)F)c1)N1CCCC[C@@H]1c1ncc[nH]1. The van der Waals surface area contributed by atoms with Crippen molar-refractivity contribution < 1.29 is 18.0 Å². The fraction of sp³-hybridized carbons (Fsp3) is 0.500. The number of nitrogens with one attached hydrogen (secondary N) is 2. The molecule has 0 aromatic carbocycles. The van der Waals surface area contributed by atoms with Gasteiger partial charge in [0.25, 0.3) is 0 Å². The van der Waals surface area contributed by atoms with Crippen molar-refractivity contribution in [2.45, 2.75) is 38.0 Å². The largest absolute Gasteiger partial charge is 0.408 e. The molecule has 3 rings (SSSR count).